The summed E-state index contributed by atoms with van der Waals surface area (Å²) in [6, 6.07) is 3.14. The van der Waals surface area contributed by atoms with Gasteiger partial charge in [-0.15, -0.1) is 0 Å². The van der Waals surface area contributed by atoms with Crippen LogP contribution < -0.4 is 5.63 Å². The minimum atomic E-state index is -1.03. The summed E-state index contributed by atoms with van der Waals surface area (Å²) in [5.41, 5.74) is -1.20. The van der Waals surface area contributed by atoms with Crippen molar-refractivity contribution in [2.45, 2.75) is 134 Å². The molecular formula is C34H48O9. The largest absolute Gasteiger partial charge is 0.481 e. The van der Waals surface area contributed by atoms with Crippen molar-refractivity contribution in [2.24, 2.45) is 28.6 Å². The van der Waals surface area contributed by atoms with Gasteiger partial charge in [-0.05, 0) is 92.6 Å². The zero-order valence-electron chi connectivity index (χ0n) is 25.8. The number of aliphatic hydroxyl groups is 1. The standard InChI is InChI=1S/C34H48O9/c1-21(35)42-27-19-34(40)26-12-11-23-18-24(43-30(39)9-7-5-4-6-8-28(36)37)14-16-32(23,2)25(26)15-17-33(34,3)31(27)22-10-13-29(38)41-20-22/h10,13,20,23-27,31,40H,4-9,11-12,14-19H2,1-3H3,(H,36,37)/t23-,24+,25+,26-,27+,31+,32+,33-,34+/m1/s1. The second kappa shape index (κ2) is 12.4. The summed E-state index contributed by atoms with van der Waals surface area (Å²) in [6.07, 6.45) is 11.0. The molecule has 4 aliphatic rings. The van der Waals surface area contributed by atoms with Gasteiger partial charge in [0.25, 0.3) is 0 Å². The van der Waals surface area contributed by atoms with Crippen molar-refractivity contribution in [1.82, 2.24) is 0 Å². The van der Waals surface area contributed by atoms with Gasteiger partial charge in [0.1, 0.15) is 12.2 Å². The topological polar surface area (TPSA) is 140 Å². The third-order valence-corrected chi connectivity index (χ3v) is 12.0. The molecule has 9 heteroatoms. The van der Waals surface area contributed by atoms with Gasteiger partial charge >= 0.3 is 23.5 Å². The van der Waals surface area contributed by atoms with Crippen LogP contribution in [-0.2, 0) is 23.9 Å². The molecule has 4 aliphatic carbocycles. The first kappa shape index (κ1) is 31.7. The summed E-state index contributed by atoms with van der Waals surface area (Å²) >= 11 is 0. The number of carboxylic acid groups (broad SMARTS) is 1. The Morgan fingerprint density at radius 1 is 0.953 bits per heavy atom. The van der Waals surface area contributed by atoms with Gasteiger partial charge in [0.2, 0.25) is 0 Å². The van der Waals surface area contributed by atoms with Gasteiger partial charge in [-0.3, -0.25) is 14.4 Å². The molecule has 0 spiro atoms. The number of hydrogen-bond donors (Lipinski definition) is 2. The molecule has 1 heterocycles. The second-order valence-electron chi connectivity index (χ2n) is 14.3. The summed E-state index contributed by atoms with van der Waals surface area (Å²) in [7, 11) is 0. The highest BCUT2D eigenvalue weighted by Gasteiger charge is 2.70. The zero-order chi connectivity index (χ0) is 31.0. The molecule has 0 radical (unpaired) electrons. The van der Waals surface area contributed by atoms with Crippen LogP contribution in [0.3, 0.4) is 0 Å². The molecule has 1 aromatic rings. The maximum Gasteiger partial charge on any atom is 0.335 e. The molecule has 9 nitrogen and oxygen atoms in total. The second-order valence-corrected chi connectivity index (χ2v) is 14.3. The van der Waals surface area contributed by atoms with Crippen molar-refractivity contribution in [3.05, 3.63) is 34.4 Å². The monoisotopic (exact) mass is 600 g/mol. The number of carboxylic acids is 1. The van der Waals surface area contributed by atoms with E-state index in [1.54, 1.807) is 6.07 Å². The van der Waals surface area contributed by atoms with Crippen LogP contribution in [0.15, 0.2) is 27.6 Å². The van der Waals surface area contributed by atoms with Crippen molar-refractivity contribution in [3.63, 3.8) is 0 Å². The van der Waals surface area contributed by atoms with E-state index < -0.39 is 28.7 Å². The van der Waals surface area contributed by atoms with Crippen molar-refractivity contribution in [1.29, 1.82) is 0 Å². The molecule has 4 fully saturated rings. The molecule has 43 heavy (non-hydrogen) atoms. The van der Waals surface area contributed by atoms with Crippen LogP contribution >= 0.6 is 0 Å². The Balaban J connectivity index is 1.25. The number of fused-ring (bicyclic) bond motifs is 5. The molecule has 2 N–H and O–H groups in total. The lowest BCUT2D eigenvalue weighted by Gasteiger charge is -2.63. The average Bonchev–Trinajstić information content (AvgIpc) is 3.17. The van der Waals surface area contributed by atoms with Crippen LogP contribution in [0.1, 0.15) is 122 Å². The SMILES string of the molecule is CC(=O)O[C@H]1C[C@]2(O)[C@@H]3CC[C@@H]4C[C@@H](OC(=O)CCCCCCC(=O)O)CC[C@]4(C)[C@H]3CC[C@]2(C)[C@H]1c1ccc(=O)oc1. The maximum absolute atomic E-state index is 12.7. The maximum atomic E-state index is 12.7. The molecule has 238 valence electrons. The number of unbranched alkanes of at least 4 members (excludes halogenated alkanes) is 3. The number of ether oxygens (including phenoxy) is 2. The Bertz CT molecular complexity index is 1240. The lowest BCUT2D eigenvalue weighted by atomic mass is 9.43. The van der Waals surface area contributed by atoms with E-state index in [1.165, 1.54) is 19.3 Å². The van der Waals surface area contributed by atoms with E-state index in [1.807, 2.05) is 0 Å². The van der Waals surface area contributed by atoms with Crippen LogP contribution in [0.4, 0.5) is 0 Å². The quantitative estimate of drug-likeness (QED) is 0.253. The van der Waals surface area contributed by atoms with E-state index in [2.05, 4.69) is 13.8 Å². The minimum Gasteiger partial charge on any atom is -0.481 e. The third kappa shape index (κ3) is 6.03. The fraction of sp³-hybridized carbons (Fsp3) is 0.765. The molecule has 0 bridgehead atoms. The highest BCUT2D eigenvalue weighted by molar-refractivity contribution is 5.69. The minimum absolute atomic E-state index is 0.0293. The molecular weight excluding hydrogens is 552 g/mol. The average molecular weight is 601 g/mol. The molecule has 9 atom stereocenters. The number of rotatable bonds is 10. The molecule has 1 aromatic heterocycles. The van der Waals surface area contributed by atoms with E-state index in [0.29, 0.717) is 31.1 Å². The van der Waals surface area contributed by atoms with E-state index in [0.717, 1.165) is 69.8 Å². The Labute approximate surface area is 253 Å². The zero-order valence-corrected chi connectivity index (χ0v) is 25.8. The fourth-order valence-corrected chi connectivity index (χ4v) is 9.90. The van der Waals surface area contributed by atoms with Crippen molar-refractivity contribution in [3.8, 4) is 0 Å². The Kier molecular flexibility index (Phi) is 9.13. The first-order valence-corrected chi connectivity index (χ1v) is 16.3. The highest BCUT2D eigenvalue weighted by Crippen LogP contribution is 2.71. The van der Waals surface area contributed by atoms with Gasteiger partial charge in [-0.25, -0.2) is 4.79 Å². The van der Waals surface area contributed by atoms with E-state index >= 15 is 0 Å². The predicted octanol–water partition coefficient (Wildman–Crippen LogP) is 5.76. The Hall–Kier alpha value is -2.68. The van der Waals surface area contributed by atoms with Crippen LogP contribution in [0.25, 0.3) is 0 Å². The summed E-state index contributed by atoms with van der Waals surface area (Å²) in [5, 5.41) is 21.4. The van der Waals surface area contributed by atoms with Gasteiger partial charge in [-0.1, -0.05) is 26.7 Å². The molecule has 0 aromatic carbocycles. The van der Waals surface area contributed by atoms with Gasteiger partial charge in [-0.2, -0.15) is 0 Å². The lowest BCUT2D eigenvalue weighted by Crippen LogP contribution is -2.62. The number of aliphatic carboxylic acids is 1. The lowest BCUT2D eigenvalue weighted by molar-refractivity contribution is -0.207. The number of hydrogen-bond acceptors (Lipinski definition) is 8. The summed E-state index contributed by atoms with van der Waals surface area (Å²) < 4.78 is 17.0. The van der Waals surface area contributed by atoms with E-state index in [-0.39, 0.29) is 41.7 Å². The first-order chi connectivity index (χ1) is 20.4. The predicted molar refractivity (Wildman–Crippen MR) is 157 cm³/mol. The van der Waals surface area contributed by atoms with Crippen LogP contribution in [-0.4, -0.2) is 45.9 Å². The van der Waals surface area contributed by atoms with Gasteiger partial charge in [0.15, 0.2) is 0 Å². The third-order valence-electron chi connectivity index (χ3n) is 12.0. The van der Waals surface area contributed by atoms with Crippen LogP contribution in [0, 0.1) is 28.6 Å². The number of carbonyl (C=O) groups excluding carboxylic acids is 2. The van der Waals surface area contributed by atoms with Gasteiger partial charge in [0, 0.05) is 43.6 Å². The van der Waals surface area contributed by atoms with E-state index in [9.17, 15) is 24.3 Å². The molecule has 0 amide bonds. The van der Waals surface area contributed by atoms with Crippen molar-refractivity contribution in [2.75, 3.05) is 0 Å². The Morgan fingerprint density at radius 3 is 2.37 bits per heavy atom. The molecule has 0 saturated heterocycles. The van der Waals surface area contributed by atoms with Gasteiger partial charge < -0.3 is 24.1 Å². The van der Waals surface area contributed by atoms with Crippen LogP contribution in [0.2, 0.25) is 0 Å². The molecule has 5 rings (SSSR count). The number of esters is 2. The number of carbonyl (C=O) groups is 3. The van der Waals surface area contributed by atoms with Crippen LogP contribution in [0.5, 0.6) is 0 Å². The van der Waals surface area contributed by atoms with Gasteiger partial charge in [0.05, 0.1) is 11.9 Å². The highest BCUT2D eigenvalue weighted by atomic mass is 16.5. The van der Waals surface area contributed by atoms with Crippen molar-refractivity contribution < 1.29 is 38.5 Å². The fourth-order valence-electron chi connectivity index (χ4n) is 9.90. The Morgan fingerprint density at radius 2 is 1.70 bits per heavy atom. The summed E-state index contributed by atoms with van der Waals surface area (Å²) in [6.45, 7) is 5.90. The molecule has 0 aliphatic heterocycles. The first-order valence-electron chi connectivity index (χ1n) is 16.3. The van der Waals surface area contributed by atoms with Crippen molar-refractivity contribution >= 4 is 17.9 Å². The molecule has 0 unspecified atom stereocenters. The summed E-state index contributed by atoms with van der Waals surface area (Å²) in [5.74, 6) is -0.802. The normalized spacial score (nSPS) is 38.3. The smallest absolute Gasteiger partial charge is 0.335 e. The summed E-state index contributed by atoms with van der Waals surface area (Å²) in [4.78, 5) is 47.1. The molecule has 4 saturated carbocycles. The van der Waals surface area contributed by atoms with E-state index in [4.69, 9.17) is 19.0 Å².